The molecule has 4 aliphatic heterocycles. The van der Waals surface area contributed by atoms with Gasteiger partial charge in [-0.2, -0.15) is 0 Å². The second kappa shape index (κ2) is 22.5. The van der Waals surface area contributed by atoms with Crippen LogP contribution in [-0.4, -0.2) is 105 Å². The maximum Gasteiger partial charge on any atom is 0.0583 e. The van der Waals surface area contributed by atoms with Gasteiger partial charge in [0.25, 0.3) is 0 Å². The maximum absolute atomic E-state index is 5.19. The van der Waals surface area contributed by atoms with E-state index >= 15 is 0 Å². The van der Waals surface area contributed by atoms with Crippen LogP contribution in [0.15, 0.2) is 0 Å². The number of nitrogens with one attached hydrogen (secondary N) is 4. The Balaban J connectivity index is 0.000000463. The van der Waals surface area contributed by atoms with E-state index in [0.717, 1.165) is 49.9 Å². The first kappa shape index (κ1) is 36.7. The third-order valence-electron chi connectivity index (χ3n) is 8.54. The molecule has 4 fully saturated rings. The summed E-state index contributed by atoms with van der Waals surface area (Å²) < 4.78 is 20.8. The minimum absolute atomic E-state index is 0. The van der Waals surface area contributed by atoms with E-state index in [1.165, 1.54) is 51.9 Å². The van der Waals surface area contributed by atoms with Gasteiger partial charge in [-0.05, 0) is 103 Å². The Morgan fingerprint density at radius 1 is 0.432 bits per heavy atom. The van der Waals surface area contributed by atoms with Crippen molar-refractivity contribution < 1.29 is 18.9 Å². The summed E-state index contributed by atoms with van der Waals surface area (Å²) >= 11 is 0. The van der Waals surface area contributed by atoms with Gasteiger partial charge in [-0.25, -0.2) is 0 Å². The van der Waals surface area contributed by atoms with E-state index in [1.54, 1.807) is 28.4 Å². The third-order valence-corrected chi connectivity index (χ3v) is 8.54. The number of hydrogen-bond donors (Lipinski definition) is 4. The first-order valence-electron chi connectivity index (χ1n) is 14.3. The fourth-order valence-electron chi connectivity index (χ4n) is 5.08. The Labute approximate surface area is 230 Å². The molecular weight excluding hydrogens is 468 g/mol. The molecule has 0 saturated carbocycles. The standard InChI is InChI=1S/4C7H15NO.CH4/c4*1-6(9-2)7-3-4-8-5-7;/h4*6-8H,3-5H2,1-2H3;1H4/t4*6-,7+;/m1100./s1. The van der Waals surface area contributed by atoms with Crippen LogP contribution in [-0.2, 0) is 18.9 Å². The quantitative estimate of drug-likeness (QED) is 0.379. The average Bonchev–Trinajstić information content (AvgIpc) is 3.75. The molecule has 0 bridgehead atoms. The SMILES string of the molecule is C.CO[C@@H](C)[C@@H]1CCNC1.CO[C@@H](C)[C@@H]1CCNC1.CO[C@H](C)[C@H]1CCNC1.CO[C@H](C)[C@H]1CCNC1. The smallest absolute Gasteiger partial charge is 0.0583 e. The van der Waals surface area contributed by atoms with E-state index in [0.29, 0.717) is 24.4 Å². The van der Waals surface area contributed by atoms with Gasteiger partial charge in [0, 0.05) is 54.6 Å². The normalized spacial score (nSPS) is 29.8. The molecule has 4 heterocycles. The molecule has 4 aliphatic rings. The fourth-order valence-corrected chi connectivity index (χ4v) is 5.08. The average molecular weight is 533 g/mol. The molecule has 224 valence electrons. The summed E-state index contributed by atoms with van der Waals surface area (Å²) in [4.78, 5) is 0. The summed E-state index contributed by atoms with van der Waals surface area (Å²) in [5.74, 6) is 2.98. The Morgan fingerprint density at radius 3 is 0.730 bits per heavy atom. The number of methoxy groups -OCH3 is 4. The van der Waals surface area contributed by atoms with Gasteiger partial charge in [0.05, 0.1) is 24.4 Å². The molecule has 0 radical (unpaired) electrons. The maximum atomic E-state index is 5.19. The highest BCUT2D eigenvalue weighted by molar-refractivity contribution is 4.77. The van der Waals surface area contributed by atoms with Crippen molar-refractivity contribution in [1.82, 2.24) is 21.3 Å². The lowest BCUT2D eigenvalue weighted by Gasteiger charge is -2.15. The molecule has 0 aromatic rings. The number of rotatable bonds is 8. The molecular formula is C29H64N4O4. The largest absolute Gasteiger partial charge is 0.381 e. The van der Waals surface area contributed by atoms with Crippen LogP contribution in [0.4, 0.5) is 0 Å². The van der Waals surface area contributed by atoms with Crippen molar-refractivity contribution in [3.63, 3.8) is 0 Å². The van der Waals surface area contributed by atoms with Gasteiger partial charge in [0.2, 0.25) is 0 Å². The van der Waals surface area contributed by atoms with E-state index < -0.39 is 0 Å². The van der Waals surface area contributed by atoms with Crippen molar-refractivity contribution in [2.75, 3.05) is 80.8 Å². The van der Waals surface area contributed by atoms with Crippen molar-refractivity contribution in [2.24, 2.45) is 23.7 Å². The summed E-state index contributed by atoms with van der Waals surface area (Å²) in [7, 11) is 7.12. The van der Waals surface area contributed by atoms with Gasteiger partial charge in [-0.3, -0.25) is 0 Å². The van der Waals surface area contributed by atoms with Crippen molar-refractivity contribution in [3.8, 4) is 0 Å². The van der Waals surface area contributed by atoms with Crippen LogP contribution < -0.4 is 21.3 Å². The summed E-state index contributed by atoms with van der Waals surface area (Å²) in [6, 6.07) is 0. The Morgan fingerprint density at radius 2 is 0.622 bits per heavy atom. The predicted molar refractivity (Wildman–Crippen MR) is 157 cm³/mol. The monoisotopic (exact) mass is 532 g/mol. The van der Waals surface area contributed by atoms with E-state index in [-0.39, 0.29) is 7.43 Å². The molecule has 0 amide bonds. The summed E-state index contributed by atoms with van der Waals surface area (Å²) in [6.07, 6.45) is 6.81. The van der Waals surface area contributed by atoms with E-state index in [4.69, 9.17) is 18.9 Å². The van der Waals surface area contributed by atoms with Crippen molar-refractivity contribution >= 4 is 0 Å². The van der Waals surface area contributed by atoms with Crippen molar-refractivity contribution in [1.29, 1.82) is 0 Å². The molecule has 37 heavy (non-hydrogen) atoms. The summed E-state index contributed by atoms with van der Waals surface area (Å²) in [6.45, 7) is 17.7. The minimum Gasteiger partial charge on any atom is -0.381 e. The van der Waals surface area contributed by atoms with Gasteiger partial charge in [0.15, 0.2) is 0 Å². The van der Waals surface area contributed by atoms with Crippen LogP contribution in [0.1, 0.15) is 60.8 Å². The Hall–Kier alpha value is -0.320. The highest BCUT2D eigenvalue weighted by Gasteiger charge is 2.22. The van der Waals surface area contributed by atoms with Gasteiger partial charge in [-0.15, -0.1) is 0 Å². The topological polar surface area (TPSA) is 85.0 Å². The molecule has 8 nitrogen and oxygen atoms in total. The third kappa shape index (κ3) is 15.2. The predicted octanol–water partition coefficient (Wildman–Crippen LogP) is 3.16. The lowest BCUT2D eigenvalue weighted by Crippen LogP contribution is -2.21. The van der Waals surface area contributed by atoms with Crippen molar-refractivity contribution in [3.05, 3.63) is 0 Å². The first-order valence-corrected chi connectivity index (χ1v) is 14.3. The van der Waals surface area contributed by atoms with Crippen LogP contribution in [0.25, 0.3) is 0 Å². The minimum atomic E-state index is 0. The molecule has 8 heteroatoms. The Kier molecular flexibility index (Phi) is 22.3. The molecule has 4 N–H and O–H groups in total. The zero-order valence-electron chi connectivity index (χ0n) is 24.7. The second-order valence-electron chi connectivity index (χ2n) is 10.8. The fraction of sp³-hybridized carbons (Fsp3) is 1.00. The molecule has 0 aliphatic carbocycles. The zero-order valence-corrected chi connectivity index (χ0v) is 24.7. The van der Waals surface area contributed by atoms with Crippen LogP contribution in [0.3, 0.4) is 0 Å². The summed E-state index contributed by atoms with van der Waals surface area (Å²) in [5.41, 5.74) is 0. The second-order valence-corrected chi connectivity index (χ2v) is 10.8. The van der Waals surface area contributed by atoms with E-state index in [1.807, 2.05) is 0 Å². The molecule has 0 spiro atoms. The van der Waals surface area contributed by atoms with Gasteiger partial charge < -0.3 is 40.2 Å². The zero-order chi connectivity index (χ0) is 26.8. The first-order chi connectivity index (χ1) is 17.4. The van der Waals surface area contributed by atoms with Crippen LogP contribution >= 0.6 is 0 Å². The molecule has 4 rings (SSSR count). The van der Waals surface area contributed by atoms with Gasteiger partial charge in [0.1, 0.15) is 0 Å². The lowest BCUT2D eigenvalue weighted by atomic mass is 10.0. The number of hydrogen-bond acceptors (Lipinski definition) is 8. The van der Waals surface area contributed by atoms with Crippen molar-refractivity contribution in [2.45, 2.75) is 85.2 Å². The van der Waals surface area contributed by atoms with Gasteiger partial charge >= 0.3 is 0 Å². The summed E-state index contributed by atoms with van der Waals surface area (Å²) in [5, 5.41) is 13.2. The van der Waals surface area contributed by atoms with E-state index in [2.05, 4.69) is 49.0 Å². The van der Waals surface area contributed by atoms with Crippen LogP contribution in [0.2, 0.25) is 0 Å². The van der Waals surface area contributed by atoms with Gasteiger partial charge in [-0.1, -0.05) is 7.43 Å². The number of ether oxygens (including phenoxy) is 4. The highest BCUT2D eigenvalue weighted by Crippen LogP contribution is 2.16. The molecule has 8 atom stereocenters. The lowest BCUT2D eigenvalue weighted by molar-refractivity contribution is 0.0742. The molecule has 0 unspecified atom stereocenters. The molecule has 4 saturated heterocycles. The molecule has 0 aromatic heterocycles. The molecule has 0 aromatic carbocycles. The van der Waals surface area contributed by atoms with Crippen LogP contribution in [0, 0.1) is 23.7 Å². The Bertz CT molecular complexity index is 404. The van der Waals surface area contributed by atoms with Crippen LogP contribution in [0.5, 0.6) is 0 Å². The highest BCUT2D eigenvalue weighted by atomic mass is 16.5. The van der Waals surface area contributed by atoms with E-state index in [9.17, 15) is 0 Å².